The van der Waals surface area contributed by atoms with E-state index >= 15 is 0 Å². The third-order valence-corrected chi connectivity index (χ3v) is 6.05. The van der Waals surface area contributed by atoms with Crippen LogP contribution in [0.15, 0.2) is 4.99 Å². The number of nitrogens with one attached hydrogen (secondary N) is 2. The lowest BCUT2D eigenvalue weighted by Gasteiger charge is -2.36. The van der Waals surface area contributed by atoms with Crippen LogP contribution in [0.5, 0.6) is 0 Å². The van der Waals surface area contributed by atoms with E-state index in [2.05, 4.69) is 54.5 Å². The molecule has 1 heterocycles. The van der Waals surface area contributed by atoms with Crippen LogP contribution in [0.25, 0.3) is 0 Å². The van der Waals surface area contributed by atoms with Crippen molar-refractivity contribution in [3.8, 4) is 0 Å². The van der Waals surface area contributed by atoms with Crippen LogP contribution in [0.4, 0.5) is 0 Å². The Hall–Kier alpha value is 0.270. The number of guanidine groups is 1. The third kappa shape index (κ3) is 8.10. The van der Waals surface area contributed by atoms with Crippen LogP contribution in [0.2, 0.25) is 0 Å². The minimum atomic E-state index is 0. The maximum absolute atomic E-state index is 5.50. The van der Waals surface area contributed by atoms with Crippen molar-refractivity contribution in [3.63, 3.8) is 0 Å². The summed E-state index contributed by atoms with van der Waals surface area (Å²) in [6, 6.07) is 1.13. The van der Waals surface area contributed by atoms with Crippen LogP contribution >= 0.6 is 35.7 Å². The molecule has 0 radical (unpaired) electrons. The molecule has 0 saturated carbocycles. The average Bonchev–Trinajstić information content (AvgIpc) is 2.54. The fourth-order valence-corrected chi connectivity index (χ4v) is 3.87. The summed E-state index contributed by atoms with van der Waals surface area (Å²) in [6.07, 6.45) is 4.41. The Kier molecular flexibility index (Phi) is 12.7. The standard InChI is InChI=1S/C17H36N4OS.HI/c1-14(2)21(15(3)4)10-9-19-16(18-5)20-13-17(23-6)7-11-22-12-8-17;/h14-15H,7-13H2,1-6H3,(H2,18,19,20);1H. The first-order chi connectivity index (χ1) is 10.9. The van der Waals surface area contributed by atoms with Gasteiger partial charge < -0.3 is 15.4 Å². The Morgan fingerprint density at radius 2 is 1.75 bits per heavy atom. The molecule has 0 atom stereocenters. The molecular formula is C17H37IN4OS. The molecule has 1 aliphatic heterocycles. The van der Waals surface area contributed by atoms with E-state index < -0.39 is 0 Å². The zero-order chi connectivity index (χ0) is 17.3. The van der Waals surface area contributed by atoms with Crippen molar-refractivity contribution >= 4 is 41.7 Å². The lowest BCUT2D eigenvalue weighted by atomic mass is 9.99. The van der Waals surface area contributed by atoms with Crippen molar-refractivity contribution in [2.24, 2.45) is 4.99 Å². The topological polar surface area (TPSA) is 48.9 Å². The van der Waals surface area contributed by atoms with E-state index in [1.54, 1.807) is 0 Å². The minimum absolute atomic E-state index is 0. The van der Waals surface area contributed by atoms with Gasteiger partial charge in [-0.2, -0.15) is 11.8 Å². The van der Waals surface area contributed by atoms with E-state index in [9.17, 15) is 0 Å². The van der Waals surface area contributed by atoms with Gasteiger partial charge >= 0.3 is 0 Å². The first kappa shape index (κ1) is 24.3. The quantitative estimate of drug-likeness (QED) is 0.323. The molecule has 1 fully saturated rings. The van der Waals surface area contributed by atoms with E-state index in [0.29, 0.717) is 12.1 Å². The Balaban J connectivity index is 0.00000529. The SMILES string of the molecule is CN=C(NCCN(C(C)C)C(C)C)NCC1(SC)CCOCC1.I. The highest BCUT2D eigenvalue weighted by molar-refractivity contribution is 14.0. The summed E-state index contributed by atoms with van der Waals surface area (Å²) in [6.45, 7) is 13.6. The molecule has 5 nitrogen and oxygen atoms in total. The van der Waals surface area contributed by atoms with Gasteiger partial charge in [0, 0.05) is 56.7 Å². The van der Waals surface area contributed by atoms with Gasteiger partial charge in [0.25, 0.3) is 0 Å². The van der Waals surface area contributed by atoms with Gasteiger partial charge in [0.1, 0.15) is 0 Å². The summed E-state index contributed by atoms with van der Waals surface area (Å²) < 4.78 is 5.78. The second kappa shape index (κ2) is 12.6. The van der Waals surface area contributed by atoms with Crippen LogP contribution < -0.4 is 10.6 Å². The molecule has 0 aliphatic carbocycles. The number of rotatable bonds is 8. The fourth-order valence-electron chi connectivity index (χ4n) is 3.08. The number of nitrogens with zero attached hydrogens (tertiary/aromatic N) is 2. The molecule has 0 aromatic rings. The molecule has 0 amide bonds. The number of hydrogen-bond donors (Lipinski definition) is 2. The zero-order valence-corrected chi connectivity index (χ0v) is 19.4. The fraction of sp³-hybridized carbons (Fsp3) is 0.941. The monoisotopic (exact) mass is 472 g/mol. The van der Waals surface area contributed by atoms with Crippen molar-refractivity contribution in [1.82, 2.24) is 15.5 Å². The lowest BCUT2D eigenvalue weighted by molar-refractivity contribution is 0.0783. The van der Waals surface area contributed by atoms with E-state index in [-0.39, 0.29) is 28.7 Å². The summed E-state index contributed by atoms with van der Waals surface area (Å²) in [5, 5.41) is 6.95. The summed E-state index contributed by atoms with van der Waals surface area (Å²) >= 11 is 1.95. The normalized spacial score (nSPS) is 18.0. The number of thioether (sulfide) groups is 1. The molecule has 0 bridgehead atoms. The molecule has 0 spiro atoms. The Morgan fingerprint density at radius 3 is 2.21 bits per heavy atom. The second-order valence-electron chi connectivity index (χ2n) is 6.78. The predicted molar refractivity (Wildman–Crippen MR) is 118 cm³/mol. The largest absolute Gasteiger partial charge is 0.381 e. The van der Waals surface area contributed by atoms with Crippen molar-refractivity contribution in [1.29, 1.82) is 0 Å². The van der Waals surface area contributed by atoms with Crippen LogP contribution in [0.3, 0.4) is 0 Å². The number of aliphatic imine (C=N–C) groups is 1. The number of halogens is 1. The third-order valence-electron chi connectivity index (χ3n) is 4.63. The molecule has 0 unspecified atom stereocenters. The maximum Gasteiger partial charge on any atom is 0.191 e. The molecule has 2 N–H and O–H groups in total. The van der Waals surface area contributed by atoms with Crippen molar-refractivity contribution in [3.05, 3.63) is 0 Å². The summed E-state index contributed by atoms with van der Waals surface area (Å²) in [7, 11) is 1.84. The maximum atomic E-state index is 5.50. The zero-order valence-electron chi connectivity index (χ0n) is 16.2. The molecule has 0 aromatic heterocycles. The lowest BCUT2D eigenvalue weighted by Crippen LogP contribution is -2.49. The summed E-state index contributed by atoms with van der Waals surface area (Å²) in [5.41, 5.74) is 0. The Bertz CT molecular complexity index is 352. The highest BCUT2D eigenvalue weighted by Gasteiger charge is 2.31. The molecule has 7 heteroatoms. The Morgan fingerprint density at radius 1 is 1.17 bits per heavy atom. The van der Waals surface area contributed by atoms with E-state index in [4.69, 9.17) is 4.74 Å². The average molecular weight is 472 g/mol. The Labute approximate surface area is 170 Å². The van der Waals surface area contributed by atoms with Crippen LogP contribution in [-0.4, -0.2) is 73.8 Å². The molecule has 1 rings (SSSR count). The van der Waals surface area contributed by atoms with Crippen molar-refractivity contribution in [2.45, 2.75) is 57.4 Å². The molecule has 1 saturated heterocycles. The number of ether oxygens (including phenoxy) is 1. The number of hydrogen-bond acceptors (Lipinski definition) is 4. The molecule has 1 aliphatic rings. The highest BCUT2D eigenvalue weighted by atomic mass is 127. The molecule has 0 aromatic carbocycles. The first-order valence-electron chi connectivity index (χ1n) is 8.77. The van der Waals surface area contributed by atoms with Gasteiger partial charge in [-0.15, -0.1) is 24.0 Å². The second-order valence-corrected chi connectivity index (χ2v) is 8.05. The molecular weight excluding hydrogens is 435 g/mol. The molecule has 144 valence electrons. The van der Waals surface area contributed by atoms with Crippen molar-refractivity contribution < 1.29 is 4.74 Å². The van der Waals surface area contributed by atoms with Gasteiger partial charge in [-0.1, -0.05) is 0 Å². The van der Waals surface area contributed by atoms with Crippen LogP contribution in [0.1, 0.15) is 40.5 Å². The van der Waals surface area contributed by atoms with Crippen molar-refractivity contribution in [2.75, 3.05) is 46.2 Å². The molecule has 24 heavy (non-hydrogen) atoms. The summed E-state index contributed by atoms with van der Waals surface area (Å²) in [5.74, 6) is 0.900. The first-order valence-corrected chi connectivity index (χ1v) is 10.00. The van der Waals surface area contributed by atoms with E-state index in [0.717, 1.165) is 51.6 Å². The van der Waals surface area contributed by atoms with Gasteiger partial charge in [0.05, 0.1) is 0 Å². The van der Waals surface area contributed by atoms with E-state index in [1.807, 2.05) is 18.8 Å². The van der Waals surface area contributed by atoms with Crippen LogP contribution in [0, 0.1) is 0 Å². The highest BCUT2D eigenvalue weighted by Crippen LogP contribution is 2.32. The summed E-state index contributed by atoms with van der Waals surface area (Å²) in [4.78, 5) is 6.85. The van der Waals surface area contributed by atoms with Gasteiger partial charge in [-0.3, -0.25) is 9.89 Å². The van der Waals surface area contributed by atoms with Crippen LogP contribution in [-0.2, 0) is 4.74 Å². The predicted octanol–water partition coefficient (Wildman–Crippen LogP) is 2.80. The van der Waals surface area contributed by atoms with Gasteiger partial charge in [0.15, 0.2) is 5.96 Å². The smallest absolute Gasteiger partial charge is 0.191 e. The van der Waals surface area contributed by atoms with E-state index in [1.165, 1.54) is 0 Å². The van der Waals surface area contributed by atoms with Gasteiger partial charge in [-0.05, 0) is 46.8 Å². The minimum Gasteiger partial charge on any atom is -0.381 e. The van der Waals surface area contributed by atoms with Gasteiger partial charge in [0.2, 0.25) is 0 Å². The van der Waals surface area contributed by atoms with Gasteiger partial charge in [-0.25, -0.2) is 0 Å².